The van der Waals surface area contributed by atoms with Crippen LogP contribution in [0, 0.1) is 0 Å². The Morgan fingerprint density at radius 3 is 2.57 bits per heavy atom. The van der Waals surface area contributed by atoms with Gasteiger partial charge in [0.15, 0.2) is 0 Å². The Bertz CT molecular complexity index is 331. The third kappa shape index (κ3) is 6.15. The zero-order chi connectivity index (χ0) is 15.5. The van der Waals surface area contributed by atoms with E-state index in [0.29, 0.717) is 19.6 Å². The molecule has 1 aliphatic rings. The van der Waals surface area contributed by atoms with E-state index in [9.17, 15) is 9.59 Å². The quantitative estimate of drug-likeness (QED) is 0.353. The second-order valence-corrected chi connectivity index (χ2v) is 5.38. The van der Waals surface area contributed by atoms with E-state index in [1.54, 1.807) is 4.90 Å². The maximum absolute atomic E-state index is 12.2. The van der Waals surface area contributed by atoms with Gasteiger partial charge in [0.05, 0.1) is 6.61 Å². The summed E-state index contributed by atoms with van der Waals surface area (Å²) in [5.74, 6) is -0.180. The summed E-state index contributed by atoms with van der Waals surface area (Å²) in [4.78, 5) is 25.9. The summed E-state index contributed by atoms with van der Waals surface area (Å²) in [7, 11) is 0. The van der Waals surface area contributed by atoms with Gasteiger partial charge in [-0.15, -0.1) is 13.2 Å². The fourth-order valence-electron chi connectivity index (χ4n) is 2.52. The van der Waals surface area contributed by atoms with E-state index in [0.717, 1.165) is 44.9 Å². The first kappa shape index (κ1) is 17.5. The molecule has 1 unspecified atom stereocenters. The Balaban J connectivity index is 2.35. The summed E-state index contributed by atoms with van der Waals surface area (Å²) >= 11 is 0. The van der Waals surface area contributed by atoms with Crippen LogP contribution in [0.3, 0.4) is 0 Å². The Morgan fingerprint density at radius 2 is 1.86 bits per heavy atom. The van der Waals surface area contributed by atoms with Crippen LogP contribution in [0.15, 0.2) is 25.3 Å². The third-order valence-electron chi connectivity index (χ3n) is 3.69. The number of rotatable bonds is 10. The van der Waals surface area contributed by atoms with Crippen molar-refractivity contribution in [3.8, 4) is 0 Å². The lowest BCUT2D eigenvalue weighted by Crippen LogP contribution is -2.41. The molecule has 4 heteroatoms. The molecule has 1 aliphatic heterocycles. The van der Waals surface area contributed by atoms with Crippen LogP contribution in [0.5, 0.6) is 0 Å². The molecule has 1 saturated heterocycles. The molecule has 118 valence electrons. The summed E-state index contributed by atoms with van der Waals surface area (Å²) in [6.45, 7) is 8.38. The van der Waals surface area contributed by atoms with Gasteiger partial charge in [0.25, 0.3) is 0 Å². The van der Waals surface area contributed by atoms with Gasteiger partial charge in [0, 0.05) is 13.0 Å². The second-order valence-electron chi connectivity index (χ2n) is 5.38. The number of likely N-dealkylation sites (tertiary alicyclic amines) is 1. The Hall–Kier alpha value is -1.58. The van der Waals surface area contributed by atoms with E-state index in [1.165, 1.54) is 0 Å². The minimum absolute atomic E-state index is 0.0737. The van der Waals surface area contributed by atoms with Crippen LogP contribution in [0.1, 0.15) is 51.4 Å². The molecule has 0 N–H and O–H groups in total. The number of hydrogen-bond donors (Lipinski definition) is 0. The highest BCUT2D eigenvalue weighted by Crippen LogP contribution is 2.20. The van der Waals surface area contributed by atoms with Gasteiger partial charge in [-0.25, -0.2) is 4.79 Å². The van der Waals surface area contributed by atoms with E-state index in [2.05, 4.69) is 13.2 Å². The second kappa shape index (κ2) is 10.2. The molecule has 1 atom stereocenters. The number of carbonyl (C=O) groups is 2. The van der Waals surface area contributed by atoms with E-state index >= 15 is 0 Å². The molecule has 1 heterocycles. The maximum atomic E-state index is 12.2. The Morgan fingerprint density at radius 1 is 1.14 bits per heavy atom. The molecule has 1 rings (SSSR count). The van der Waals surface area contributed by atoms with Crippen LogP contribution in [0.2, 0.25) is 0 Å². The molecular weight excluding hydrogens is 266 g/mol. The molecule has 0 aromatic carbocycles. The van der Waals surface area contributed by atoms with Gasteiger partial charge < -0.3 is 9.64 Å². The summed E-state index contributed by atoms with van der Waals surface area (Å²) in [6, 6.07) is -0.374. The van der Waals surface area contributed by atoms with Gasteiger partial charge in [-0.2, -0.15) is 0 Å². The van der Waals surface area contributed by atoms with Crippen LogP contribution < -0.4 is 0 Å². The molecule has 0 aromatic rings. The Labute approximate surface area is 127 Å². The SMILES string of the molecule is C=CCCCCC(=O)N1CCCC1C(=O)OCCCC=C. The van der Waals surface area contributed by atoms with Crippen molar-refractivity contribution < 1.29 is 14.3 Å². The first-order valence-corrected chi connectivity index (χ1v) is 7.88. The lowest BCUT2D eigenvalue weighted by molar-refractivity contribution is -0.153. The minimum atomic E-state index is -0.374. The van der Waals surface area contributed by atoms with Crippen molar-refractivity contribution in [3.05, 3.63) is 25.3 Å². The molecule has 0 bridgehead atoms. The Kier molecular flexibility index (Phi) is 8.48. The highest BCUT2D eigenvalue weighted by molar-refractivity contribution is 5.85. The predicted octanol–water partition coefficient (Wildman–Crippen LogP) is 3.23. The molecule has 4 nitrogen and oxygen atoms in total. The number of allylic oxidation sites excluding steroid dienone is 2. The van der Waals surface area contributed by atoms with Gasteiger partial charge in [0.2, 0.25) is 5.91 Å². The number of unbranched alkanes of at least 4 members (excludes halogenated alkanes) is 3. The number of amides is 1. The van der Waals surface area contributed by atoms with Crippen molar-refractivity contribution in [2.75, 3.05) is 13.2 Å². The van der Waals surface area contributed by atoms with Crippen molar-refractivity contribution in [1.29, 1.82) is 0 Å². The maximum Gasteiger partial charge on any atom is 0.328 e. The number of esters is 1. The molecule has 0 aromatic heterocycles. The highest BCUT2D eigenvalue weighted by Gasteiger charge is 2.34. The first-order chi connectivity index (χ1) is 10.2. The van der Waals surface area contributed by atoms with Gasteiger partial charge >= 0.3 is 5.97 Å². The van der Waals surface area contributed by atoms with Gasteiger partial charge in [-0.05, 0) is 44.9 Å². The zero-order valence-corrected chi connectivity index (χ0v) is 12.9. The van der Waals surface area contributed by atoms with E-state index in [1.807, 2.05) is 12.2 Å². The monoisotopic (exact) mass is 293 g/mol. The first-order valence-electron chi connectivity index (χ1n) is 7.88. The molecule has 1 amide bonds. The highest BCUT2D eigenvalue weighted by atomic mass is 16.5. The molecule has 0 radical (unpaired) electrons. The molecule has 0 aliphatic carbocycles. The molecular formula is C17H27NO3. The van der Waals surface area contributed by atoms with Crippen molar-refractivity contribution in [1.82, 2.24) is 4.90 Å². The van der Waals surface area contributed by atoms with Gasteiger partial charge in [0.1, 0.15) is 6.04 Å². The van der Waals surface area contributed by atoms with Crippen LogP contribution in [-0.2, 0) is 14.3 Å². The van der Waals surface area contributed by atoms with Crippen molar-refractivity contribution in [3.63, 3.8) is 0 Å². The largest absolute Gasteiger partial charge is 0.464 e. The molecule has 21 heavy (non-hydrogen) atoms. The molecule has 0 saturated carbocycles. The van der Waals surface area contributed by atoms with Crippen LogP contribution in [0.4, 0.5) is 0 Å². The summed E-state index contributed by atoms with van der Waals surface area (Å²) in [5.41, 5.74) is 0. The lowest BCUT2D eigenvalue weighted by Gasteiger charge is -2.23. The zero-order valence-electron chi connectivity index (χ0n) is 12.9. The van der Waals surface area contributed by atoms with E-state index in [-0.39, 0.29) is 17.9 Å². The van der Waals surface area contributed by atoms with Crippen LogP contribution in [-0.4, -0.2) is 36.0 Å². The third-order valence-corrected chi connectivity index (χ3v) is 3.69. The van der Waals surface area contributed by atoms with Gasteiger partial charge in [-0.1, -0.05) is 12.2 Å². The smallest absolute Gasteiger partial charge is 0.328 e. The molecule has 0 spiro atoms. The van der Waals surface area contributed by atoms with E-state index < -0.39 is 0 Å². The summed E-state index contributed by atoms with van der Waals surface area (Å²) in [5, 5.41) is 0. The van der Waals surface area contributed by atoms with Gasteiger partial charge in [-0.3, -0.25) is 4.79 Å². The normalized spacial score (nSPS) is 17.5. The summed E-state index contributed by atoms with van der Waals surface area (Å²) < 4.78 is 5.26. The average molecular weight is 293 g/mol. The van der Waals surface area contributed by atoms with Crippen molar-refractivity contribution in [2.24, 2.45) is 0 Å². The standard InChI is InChI=1S/C17H27NO3/c1-3-5-7-8-12-16(19)18-13-10-11-15(18)17(20)21-14-9-6-4-2/h3-4,15H,1-2,5-14H2. The minimum Gasteiger partial charge on any atom is -0.464 e. The lowest BCUT2D eigenvalue weighted by atomic mass is 10.1. The summed E-state index contributed by atoms with van der Waals surface area (Å²) in [6.07, 6.45) is 10.2. The fourth-order valence-corrected chi connectivity index (χ4v) is 2.52. The number of ether oxygens (including phenoxy) is 1. The van der Waals surface area contributed by atoms with Crippen LogP contribution >= 0.6 is 0 Å². The van der Waals surface area contributed by atoms with E-state index in [4.69, 9.17) is 4.74 Å². The fraction of sp³-hybridized carbons (Fsp3) is 0.647. The van der Waals surface area contributed by atoms with Crippen molar-refractivity contribution >= 4 is 11.9 Å². The van der Waals surface area contributed by atoms with Crippen molar-refractivity contribution in [2.45, 2.75) is 57.4 Å². The number of nitrogens with zero attached hydrogens (tertiary/aromatic N) is 1. The topological polar surface area (TPSA) is 46.6 Å². The average Bonchev–Trinajstić information content (AvgIpc) is 2.97. The number of carbonyl (C=O) groups excluding carboxylic acids is 2. The molecule has 1 fully saturated rings. The predicted molar refractivity (Wildman–Crippen MR) is 83.8 cm³/mol. The number of hydrogen-bond acceptors (Lipinski definition) is 3. The van der Waals surface area contributed by atoms with Crippen LogP contribution in [0.25, 0.3) is 0 Å².